The first kappa shape index (κ1) is 17.2. The van der Waals surface area contributed by atoms with E-state index < -0.39 is 0 Å². The maximum absolute atomic E-state index is 11.9. The van der Waals surface area contributed by atoms with Gasteiger partial charge in [-0.1, -0.05) is 37.6 Å². The number of carbonyl (C=O) groups is 1. The largest absolute Gasteiger partial charge is 0.365 e. The Balaban J connectivity index is 1.84. The van der Waals surface area contributed by atoms with Crippen molar-refractivity contribution in [2.45, 2.75) is 26.8 Å². The van der Waals surface area contributed by atoms with Gasteiger partial charge in [0.15, 0.2) is 0 Å². The van der Waals surface area contributed by atoms with Crippen molar-refractivity contribution in [3.05, 3.63) is 52.9 Å². The summed E-state index contributed by atoms with van der Waals surface area (Å²) >= 11 is 5.85. The van der Waals surface area contributed by atoms with E-state index in [-0.39, 0.29) is 5.91 Å². The third-order valence-electron chi connectivity index (χ3n) is 3.28. The Morgan fingerprint density at radius 1 is 1.17 bits per heavy atom. The van der Waals surface area contributed by atoms with Crippen LogP contribution >= 0.6 is 11.6 Å². The fourth-order valence-electron chi connectivity index (χ4n) is 1.90. The fourth-order valence-corrected chi connectivity index (χ4v) is 2.02. The van der Waals surface area contributed by atoms with E-state index >= 15 is 0 Å². The van der Waals surface area contributed by atoms with E-state index in [1.54, 1.807) is 6.20 Å². The third kappa shape index (κ3) is 5.87. The third-order valence-corrected chi connectivity index (χ3v) is 3.53. The van der Waals surface area contributed by atoms with Crippen LogP contribution in [0.5, 0.6) is 0 Å². The van der Waals surface area contributed by atoms with Crippen molar-refractivity contribution in [3.63, 3.8) is 0 Å². The minimum atomic E-state index is -0.192. The Kier molecular flexibility index (Phi) is 6.35. The SMILES string of the molecule is CC(C)CCNC(=O)c1cnc(NCc2ccc(Cl)cc2)cn1. The molecule has 1 aromatic heterocycles. The normalized spacial score (nSPS) is 10.6. The van der Waals surface area contributed by atoms with Crippen molar-refractivity contribution in [2.24, 2.45) is 5.92 Å². The lowest BCUT2D eigenvalue weighted by Gasteiger charge is -2.08. The molecule has 2 aromatic rings. The number of anilines is 1. The predicted octanol–water partition coefficient (Wildman–Crippen LogP) is 3.52. The highest BCUT2D eigenvalue weighted by molar-refractivity contribution is 6.30. The second-order valence-corrected chi connectivity index (χ2v) is 6.14. The van der Waals surface area contributed by atoms with Crippen LogP contribution in [-0.4, -0.2) is 22.4 Å². The number of carbonyl (C=O) groups excluding carboxylic acids is 1. The van der Waals surface area contributed by atoms with Gasteiger partial charge in [-0.3, -0.25) is 4.79 Å². The van der Waals surface area contributed by atoms with Crippen LogP contribution in [0.15, 0.2) is 36.7 Å². The van der Waals surface area contributed by atoms with E-state index in [0.717, 1.165) is 12.0 Å². The molecule has 1 heterocycles. The van der Waals surface area contributed by atoms with E-state index in [2.05, 4.69) is 34.4 Å². The number of nitrogens with one attached hydrogen (secondary N) is 2. The molecule has 2 rings (SSSR count). The van der Waals surface area contributed by atoms with Gasteiger partial charge in [-0.25, -0.2) is 9.97 Å². The number of halogens is 1. The van der Waals surface area contributed by atoms with E-state index in [1.807, 2.05) is 24.3 Å². The molecule has 23 heavy (non-hydrogen) atoms. The Hall–Kier alpha value is -2.14. The van der Waals surface area contributed by atoms with Crippen molar-refractivity contribution in [1.82, 2.24) is 15.3 Å². The Bertz CT molecular complexity index is 626. The maximum Gasteiger partial charge on any atom is 0.271 e. The molecule has 0 aliphatic carbocycles. The molecule has 5 nitrogen and oxygen atoms in total. The molecular weight excluding hydrogens is 312 g/mol. The molecule has 0 atom stereocenters. The molecule has 0 aliphatic rings. The van der Waals surface area contributed by atoms with E-state index in [0.29, 0.717) is 35.5 Å². The fraction of sp³-hybridized carbons (Fsp3) is 0.353. The van der Waals surface area contributed by atoms with Gasteiger partial charge in [0, 0.05) is 18.1 Å². The lowest BCUT2D eigenvalue weighted by Crippen LogP contribution is -2.26. The summed E-state index contributed by atoms with van der Waals surface area (Å²) in [4.78, 5) is 20.3. The van der Waals surface area contributed by atoms with Gasteiger partial charge in [-0.2, -0.15) is 0 Å². The molecule has 1 aromatic carbocycles. The second kappa shape index (κ2) is 8.48. The molecule has 0 fully saturated rings. The van der Waals surface area contributed by atoms with Gasteiger partial charge in [-0.15, -0.1) is 0 Å². The van der Waals surface area contributed by atoms with Gasteiger partial charge >= 0.3 is 0 Å². The van der Waals surface area contributed by atoms with Crippen molar-refractivity contribution in [2.75, 3.05) is 11.9 Å². The van der Waals surface area contributed by atoms with Crippen molar-refractivity contribution < 1.29 is 4.79 Å². The summed E-state index contributed by atoms with van der Waals surface area (Å²) in [5.41, 5.74) is 1.41. The summed E-state index contributed by atoms with van der Waals surface area (Å²) < 4.78 is 0. The number of hydrogen-bond donors (Lipinski definition) is 2. The maximum atomic E-state index is 11.9. The molecule has 122 valence electrons. The first-order chi connectivity index (χ1) is 11.0. The van der Waals surface area contributed by atoms with Crippen molar-refractivity contribution >= 4 is 23.3 Å². The molecule has 2 N–H and O–H groups in total. The van der Waals surface area contributed by atoms with Gasteiger partial charge in [0.2, 0.25) is 0 Å². The summed E-state index contributed by atoms with van der Waals surface area (Å²) in [6.45, 7) is 5.50. The summed E-state index contributed by atoms with van der Waals surface area (Å²) in [6, 6.07) is 7.57. The molecule has 6 heteroatoms. The summed E-state index contributed by atoms with van der Waals surface area (Å²) in [7, 11) is 0. The van der Waals surface area contributed by atoms with Crippen LogP contribution in [0, 0.1) is 5.92 Å². The van der Waals surface area contributed by atoms with E-state index in [1.165, 1.54) is 6.20 Å². The zero-order valence-electron chi connectivity index (χ0n) is 13.3. The first-order valence-corrected chi connectivity index (χ1v) is 8.01. The minimum absolute atomic E-state index is 0.192. The lowest BCUT2D eigenvalue weighted by molar-refractivity contribution is 0.0946. The molecule has 0 radical (unpaired) electrons. The van der Waals surface area contributed by atoms with Crippen LogP contribution in [0.3, 0.4) is 0 Å². The molecule has 0 saturated carbocycles. The monoisotopic (exact) mass is 332 g/mol. The summed E-state index contributed by atoms with van der Waals surface area (Å²) in [6.07, 6.45) is 3.99. The number of benzene rings is 1. The van der Waals surface area contributed by atoms with Gasteiger partial charge in [-0.05, 0) is 30.0 Å². The van der Waals surface area contributed by atoms with Crippen LogP contribution in [-0.2, 0) is 6.54 Å². The zero-order chi connectivity index (χ0) is 16.7. The summed E-state index contributed by atoms with van der Waals surface area (Å²) in [5, 5.41) is 6.70. The van der Waals surface area contributed by atoms with Gasteiger partial charge in [0.05, 0.1) is 12.4 Å². The van der Waals surface area contributed by atoms with Crippen LogP contribution in [0.25, 0.3) is 0 Å². The quantitative estimate of drug-likeness (QED) is 0.814. The second-order valence-electron chi connectivity index (χ2n) is 5.71. The van der Waals surface area contributed by atoms with Gasteiger partial charge < -0.3 is 10.6 Å². The summed E-state index contributed by atoms with van der Waals surface area (Å²) in [5.74, 6) is 0.988. The molecule has 0 saturated heterocycles. The Labute approximate surface area is 141 Å². The lowest BCUT2D eigenvalue weighted by atomic mass is 10.1. The highest BCUT2D eigenvalue weighted by atomic mass is 35.5. The molecule has 1 amide bonds. The number of hydrogen-bond acceptors (Lipinski definition) is 4. The number of amides is 1. The van der Waals surface area contributed by atoms with Crippen LogP contribution in [0.2, 0.25) is 5.02 Å². The average molecular weight is 333 g/mol. The zero-order valence-corrected chi connectivity index (χ0v) is 14.1. The standard InChI is InChI=1S/C17H21ClN4O/c1-12(2)7-8-19-17(23)15-10-22-16(11-20-15)21-9-13-3-5-14(18)6-4-13/h3-6,10-12H,7-9H2,1-2H3,(H,19,23)(H,21,22). The highest BCUT2D eigenvalue weighted by Crippen LogP contribution is 2.11. The van der Waals surface area contributed by atoms with Crippen LogP contribution in [0.1, 0.15) is 36.3 Å². The van der Waals surface area contributed by atoms with Crippen molar-refractivity contribution in [3.8, 4) is 0 Å². The number of aromatic nitrogens is 2. The molecule has 0 bridgehead atoms. The van der Waals surface area contributed by atoms with Crippen molar-refractivity contribution in [1.29, 1.82) is 0 Å². The molecule has 0 aliphatic heterocycles. The van der Waals surface area contributed by atoms with Crippen LogP contribution < -0.4 is 10.6 Å². The first-order valence-electron chi connectivity index (χ1n) is 7.63. The van der Waals surface area contributed by atoms with Crippen LogP contribution in [0.4, 0.5) is 5.82 Å². The Morgan fingerprint density at radius 3 is 2.52 bits per heavy atom. The smallest absolute Gasteiger partial charge is 0.271 e. The number of nitrogens with zero attached hydrogens (tertiary/aromatic N) is 2. The minimum Gasteiger partial charge on any atom is -0.365 e. The highest BCUT2D eigenvalue weighted by Gasteiger charge is 2.07. The van der Waals surface area contributed by atoms with E-state index in [4.69, 9.17) is 11.6 Å². The molecular formula is C17H21ClN4O. The van der Waals surface area contributed by atoms with Gasteiger partial charge in [0.1, 0.15) is 11.5 Å². The Morgan fingerprint density at radius 2 is 1.91 bits per heavy atom. The van der Waals surface area contributed by atoms with E-state index in [9.17, 15) is 4.79 Å². The number of rotatable bonds is 7. The molecule has 0 unspecified atom stereocenters. The predicted molar refractivity (Wildman–Crippen MR) is 92.6 cm³/mol. The average Bonchev–Trinajstić information content (AvgIpc) is 2.54. The van der Waals surface area contributed by atoms with Gasteiger partial charge in [0.25, 0.3) is 5.91 Å². The molecule has 0 spiro atoms. The topological polar surface area (TPSA) is 66.9 Å².